The van der Waals surface area contributed by atoms with Gasteiger partial charge in [0, 0.05) is 6.20 Å². The van der Waals surface area contributed by atoms with E-state index in [1.165, 1.54) is 25.2 Å². The number of sulfonamides is 1. The normalized spacial score (nSPS) is 12.9. The molecule has 25 heavy (non-hydrogen) atoms. The van der Waals surface area contributed by atoms with Gasteiger partial charge in [-0.25, -0.2) is 18.1 Å². The standard InChI is InChI=1S/C15H15F3N4O2S/c1-10(11-3-6-13(7-4-11)25(23,24)19-2)21-22-14-8-5-12(9-20-14)15(16,17)18/h3-9,19H,1-2H3,(H,20,22)/b21-10+. The fourth-order valence-corrected chi connectivity index (χ4v) is 2.56. The highest BCUT2D eigenvalue weighted by molar-refractivity contribution is 7.89. The van der Waals surface area contributed by atoms with E-state index in [-0.39, 0.29) is 10.7 Å². The number of pyridine rings is 1. The van der Waals surface area contributed by atoms with Gasteiger partial charge in [0.25, 0.3) is 0 Å². The molecule has 0 atom stereocenters. The Morgan fingerprint density at radius 3 is 2.24 bits per heavy atom. The summed E-state index contributed by atoms with van der Waals surface area (Å²) in [7, 11) is -2.20. The maximum absolute atomic E-state index is 12.5. The molecule has 0 spiro atoms. The zero-order valence-electron chi connectivity index (χ0n) is 13.3. The Bertz CT molecular complexity index is 861. The summed E-state index contributed by atoms with van der Waals surface area (Å²) in [6.07, 6.45) is -3.73. The highest BCUT2D eigenvalue weighted by atomic mass is 32.2. The number of anilines is 1. The Morgan fingerprint density at radius 1 is 1.12 bits per heavy atom. The average Bonchev–Trinajstić information content (AvgIpc) is 2.59. The summed E-state index contributed by atoms with van der Waals surface area (Å²) < 4.78 is 62.9. The third-order valence-electron chi connectivity index (χ3n) is 3.28. The molecule has 134 valence electrons. The zero-order valence-corrected chi connectivity index (χ0v) is 14.1. The van der Waals surface area contributed by atoms with Crippen LogP contribution in [-0.2, 0) is 16.2 Å². The first-order valence-corrected chi connectivity index (χ1v) is 8.49. The molecule has 0 aliphatic carbocycles. The van der Waals surface area contributed by atoms with Gasteiger partial charge >= 0.3 is 6.18 Å². The molecule has 1 heterocycles. The molecule has 0 saturated carbocycles. The number of hydrogen-bond acceptors (Lipinski definition) is 5. The summed E-state index contributed by atoms with van der Waals surface area (Å²) in [6, 6.07) is 8.07. The van der Waals surface area contributed by atoms with Crippen LogP contribution in [0.25, 0.3) is 0 Å². The van der Waals surface area contributed by atoms with E-state index >= 15 is 0 Å². The largest absolute Gasteiger partial charge is 0.417 e. The third kappa shape index (κ3) is 4.77. The van der Waals surface area contributed by atoms with Gasteiger partial charge < -0.3 is 0 Å². The molecule has 2 N–H and O–H groups in total. The highest BCUT2D eigenvalue weighted by Gasteiger charge is 2.30. The molecule has 6 nitrogen and oxygen atoms in total. The average molecular weight is 372 g/mol. The van der Waals surface area contributed by atoms with Crippen LogP contribution >= 0.6 is 0 Å². The van der Waals surface area contributed by atoms with Crippen molar-refractivity contribution in [3.63, 3.8) is 0 Å². The summed E-state index contributed by atoms with van der Waals surface area (Å²) >= 11 is 0. The maximum Gasteiger partial charge on any atom is 0.417 e. The number of halogens is 3. The zero-order chi connectivity index (χ0) is 18.7. The number of aromatic nitrogens is 1. The molecule has 10 heteroatoms. The lowest BCUT2D eigenvalue weighted by molar-refractivity contribution is -0.137. The van der Waals surface area contributed by atoms with E-state index in [1.54, 1.807) is 19.1 Å². The lowest BCUT2D eigenvalue weighted by Gasteiger charge is -2.07. The molecule has 1 aromatic carbocycles. The first-order chi connectivity index (χ1) is 11.6. The topological polar surface area (TPSA) is 83.5 Å². The predicted octanol–water partition coefficient (Wildman–Crippen LogP) is 2.84. The number of nitrogens with zero attached hydrogens (tertiary/aromatic N) is 2. The van der Waals surface area contributed by atoms with Crippen LogP contribution in [0, 0.1) is 0 Å². The molecule has 2 aromatic rings. The van der Waals surface area contributed by atoms with Crippen LogP contribution in [0.1, 0.15) is 18.1 Å². The molecule has 2 rings (SSSR count). The molecular formula is C15H15F3N4O2S. The van der Waals surface area contributed by atoms with Crippen molar-refractivity contribution in [1.82, 2.24) is 9.71 Å². The van der Waals surface area contributed by atoms with E-state index < -0.39 is 21.8 Å². The van der Waals surface area contributed by atoms with E-state index in [0.717, 1.165) is 6.07 Å². The van der Waals surface area contributed by atoms with Gasteiger partial charge in [0.05, 0.1) is 16.2 Å². The summed E-state index contributed by atoms with van der Waals surface area (Å²) in [5, 5.41) is 4.03. The summed E-state index contributed by atoms with van der Waals surface area (Å²) in [6.45, 7) is 1.67. The van der Waals surface area contributed by atoms with Crippen molar-refractivity contribution in [1.29, 1.82) is 0 Å². The van der Waals surface area contributed by atoms with Gasteiger partial charge in [-0.15, -0.1) is 0 Å². The Hall–Kier alpha value is -2.46. The van der Waals surface area contributed by atoms with Gasteiger partial charge in [-0.2, -0.15) is 18.3 Å². The molecule has 0 aliphatic heterocycles. The van der Waals surface area contributed by atoms with Gasteiger partial charge in [0.15, 0.2) is 0 Å². The van der Waals surface area contributed by atoms with Gasteiger partial charge in [-0.1, -0.05) is 12.1 Å². The molecule has 0 aliphatic rings. The SMILES string of the molecule is CNS(=O)(=O)c1ccc(/C(C)=N/Nc2ccc(C(F)(F)F)cn2)cc1. The van der Waals surface area contributed by atoms with Crippen molar-refractivity contribution in [2.75, 3.05) is 12.5 Å². The molecule has 1 aromatic heterocycles. The summed E-state index contributed by atoms with van der Waals surface area (Å²) in [4.78, 5) is 3.76. The van der Waals surface area contributed by atoms with Crippen LogP contribution in [-0.4, -0.2) is 26.2 Å². The molecule has 0 fully saturated rings. The predicted molar refractivity (Wildman–Crippen MR) is 87.8 cm³/mol. The smallest absolute Gasteiger partial charge is 0.261 e. The van der Waals surface area contributed by atoms with Crippen molar-refractivity contribution in [3.05, 3.63) is 53.7 Å². The second kappa shape index (κ2) is 7.19. The minimum atomic E-state index is -4.44. The number of alkyl halides is 3. The Labute approximate surface area is 142 Å². The first kappa shape index (κ1) is 18.9. The fourth-order valence-electron chi connectivity index (χ4n) is 1.83. The maximum atomic E-state index is 12.5. The monoisotopic (exact) mass is 372 g/mol. The highest BCUT2D eigenvalue weighted by Crippen LogP contribution is 2.28. The summed E-state index contributed by atoms with van der Waals surface area (Å²) in [5.74, 6) is 0.154. The minimum absolute atomic E-state index is 0.115. The molecular weight excluding hydrogens is 357 g/mol. The van der Waals surface area contributed by atoms with Crippen molar-refractivity contribution >= 4 is 21.6 Å². The summed E-state index contributed by atoms with van der Waals surface area (Å²) in [5.41, 5.74) is 2.87. The Kier molecular flexibility index (Phi) is 5.43. The number of hydrogen-bond donors (Lipinski definition) is 2. The van der Waals surface area contributed by atoms with Crippen molar-refractivity contribution < 1.29 is 21.6 Å². The lowest BCUT2D eigenvalue weighted by atomic mass is 10.1. The van der Waals surface area contributed by atoms with Gasteiger partial charge in [0.2, 0.25) is 10.0 Å². The van der Waals surface area contributed by atoms with Gasteiger partial charge in [0.1, 0.15) is 5.82 Å². The number of rotatable bonds is 5. The van der Waals surface area contributed by atoms with Gasteiger partial charge in [-0.05, 0) is 43.8 Å². The molecule has 0 radical (unpaired) electrons. The Balaban J connectivity index is 2.11. The van der Waals surface area contributed by atoms with Crippen LogP contribution < -0.4 is 10.1 Å². The number of benzene rings is 1. The molecule has 0 amide bonds. The first-order valence-electron chi connectivity index (χ1n) is 7.01. The second-order valence-electron chi connectivity index (χ2n) is 4.97. The minimum Gasteiger partial charge on any atom is -0.261 e. The molecule has 0 saturated heterocycles. The quantitative estimate of drug-likeness (QED) is 0.625. The van der Waals surface area contributed by atoms with Crippen LogP contribution in [0.5, 0.6) is 0 Å². The van der Waals surface area contributed by atoms with Crippen molar-refractivity contribution in [2.45, 2.75) is 18.0 Å². The van der Waals surface area contributed by atoms with Crippen LogP contribution in [0.15, 0.2) is 52.6 Å². The van der Waals surface area contributed by atoms with E-state index in [1.807, 2.05) is 0 Å². The van der Waals surface area contributed by atoms with E-state index in [4.69, 9.17) is 0 Å². The van der Waals surface area contributed by atoms with Crippen molar-refractivity contribution in [3.8, 4) is 0 Å². The second-order valence-corrected chi connectivity index (χ2v) is 6.86. The molecule has 0 bridgehead atoms. The Morgan fingerprint density at radius 2 is 1.76 bits per heavy atom. The van der Waals surface area contributed by atoms with Crippen LogP contribution in [0.2, 0.25) is 0 Å². The van der Waals surface area contributed by atoms with E-state index in [0.29, 0.717) is 17.5 Å². The van der Waals surface area contributed by atoms with E-state index in [9.17, 15) is 21.6 Å². The third-order valence-corrected chi connectivity index (χ3v) is 4.71. The van der Waals surface area contributed by atoms with Crippen LogP contribution in [0.4, 0.5) is 19.0 Å². The van der Waals surface area contributed by atoms with Crippen molar-refractivity contribution in [2.24, 2.45) is 5.10 Å². The lowest BCUT2D eigenvalue weighted by Crippen LogP contribution is -2.18. The fraction of sp³-hybridized carbons (Fsp3) is 0.200. The molecule has 0 unspecified atom stereocenters. The number of nitrogens with one attached hydrogen (secondary N) is 2. The van der Waals surface area contributed by atoms with Gasteiger partial charge in [-0.3, -0.25) is 5.43 Å². The number of hydrazone groups is 1. The van der Waals surface area contributed by atoms with E-state index in [2.05, 4.69) is 20.2 Å². The van der Waals surface area contributed by atoms with Crippen LogP contribution in [0.3, 0.4) is 0 Å².